The van der Waals surface area contributed by atoms with Crippen LogP contribution in [0.25, 0.3) is 22.1 Å². The Morgan fingerprint density at radius 1 is 1.18 bits per heavy atom. The van der Waals surface area contributed by atoms with Gasteiger partial charge in [-0.15, -0.1) is 11.3 Å². The number of aromatic nitrogens is 1. The summed E-state index contributed by atoms with van der Waals surface area (Å²) in [5, 5.41) is 3.67. The van der Waals surface area contributed by atoms with Gasteiger partial charge in [-0.05, 0) is 35.4 Å². The standard InChI is InChI=1S/C21H16N2O4S/c1-25-14-4-2-13(3-5-14)16-10-19(24)27-20-15(16)6-7-18-17(20)11-23(12-26-18)21-22-8-9-28-21/h2-10H,11-12H2,1H3. The highest BCUT2D eigenvalue weighted by atomic mass is 32.1. The summed E-state index contributed by atoms with van der Waals surface area (Å²) in [5.74, 6) is 1.50. The smallest absolute Gasteiger partial charge is 0.336 e. The van der Waals surface area contributed by atoms with Crippen molar-refractivity contribution in [3.63, 3.8) is 0 Å². The second-order valence-corrected chi connectivity index (χ2v) is 7.29. The predicted molar refractivity (Wildman–Crippen MR) is 108 cm³/mol. The molecular formula is C21H16N2O4S. The van der Waals surface area contributed by atoms with Gasteiger partial charge in [0.05, 0.1) is 19.2 Å². The number of anilines is 1. The molecule has 28 heavy (non-hydrogen) atoms. The lowest BCUT2D eigenvalue weighted by atomic mass is 9.99. The van der Waals surface area contributed by atoms with Crippen LogP contribution in [0, 0.1) is 0 Å². The van der Waals surface area contributed by atoms with Crippen molar-refractivity contribution >= 4 is 27.4 Å². The quantitative estimate of drug-likeness (QED) is 0.485. The fourth-order valence-corrected chi connectivity index (χ4v) is 4.07. The lowest BCUT2D eigenvalue weighted by molar-refractivity contribution is 0.289. The molecule has 5 rings (SSSR count). The molecule has 1 aliphatic heterocycles. The number of methoxy groups -OCH3 is 1. The van der Waals surface area contributed by atoms with Crippen LogP contribution in [0.15, 0.2) is 63.3 Å². The summed E-state index contributed by atoms with van der Waals surface area (Å²) < 4.78 is 16.8. The van der Waals surface area contributed by atoms with E-state index in [1.54, 1.807) is 24.6 Å². The van der Waals surface area contributed by atoms with E-state index in [9.17, 15) is 4.79 Å². The van der Waals surface area contributed by atoms with Gasteiger partial charge in [-0.3, -0.25) is 0 Å². The summed E-state index contributed by atoms with van der Waals surface area (Å²) in [6, 6.07) is 13.0. The second kappa shape index (κ2) is 6.69. The van der Waals surface area contributed by atoms with Gasteiger partial charge in [0.1, 0.15) is 17.1 Å². The van der Waals surface area contributed by atoms with E-state index in [4.69, 9.17) is 13.9 Å². The largest absolute Gasteiger partial charge is 0.497 e. The summed E-state index contributed by atoms with van der Waals surface area (Å²) in [5.41, 5.74) is 2.76. The summed E-state index contributed by atoms with van der Waals surface area (Å²) in [6.07, 6.45) is 1.76. The highest BCUT2D eigenvalue weighted by Crippen LogP contribution is 2.37. The zero-order valence-corrected chi connectivity index (χ0v) is 15.9. The molecule has 2 aromatic heterocycles. The van der Waals surface area contributed by atoms with Gasteiger partial charge in [-0.1, -0.05) is 12.1 Å². The molecule has 7 heteroatoms. The Bertz CT molecular complexity index is 1200. The van der Waals surface area contributed by atoms with Crippen LogP contribution in [-0.2, 0) is 6.54 Å². The minimum absolute atomic E-state index is 0.391. The van der Waals surface area contributed by atoms with Crippen LogP contribution >= 0.6 is 11.3 Å². The number of benzene rings is 2. The summed E-state index contributed by atoms with van der Waals surface area (Å²) in [6.45, 7) is 0.976. The number of nitrogens with zero attached hydrogens (tertiary/aromatic N) is 2. The number of fused-ring (bicyclic) bond motifs is 3. The van der Waals surface area contributed by atoms with Crippen molar-refractivity contribution in [3.05, 3.63) is 70.0 Å². The van der Waals surface area contributed by atoms with Gasteiger partial charge in [0.25, 0.3) is 0 Å². The zero-order valence-electron chi connectivity index (χ0n) is 15.0. The van der Waals surface area contributed by atoms with Crippen LogP contribution in [0.1, 0.15) is 5.56 Å². The minimum Gasteiger partial charge on any atom is -0.497 e. The van der Waals surface area contributed by atoms with Crippen molar-refractivity contribution < 1.29 is 13.9 Å². The zero-order chi connectivity index (χ0) is 19.1. The van der Waals surface area contributed by atoms with Crippen molar-refractivity contribution in [2.24, 2.45) is 0 Å². The van der Waals surface area contributed by atoms with Crippen LogP contribution in [0.2, 0.25) is 0 Å². The molecule has 0 atom stereocenters. The number of rotatable bonds is 3. The van der Waals surface area contributed by atoms with Gasteiger partial charge < -0.3 is 18.8 Å². The van der Waals surface area contributed by atoms with Crippen LogP contribution in [0.3, 0.4) is 0 Å². The van der Waals surface area contributed by atoms with Gasteiger partial charge in [0, 0.05) is 23.0 Å². The molecule has 1 aliphatic rings. The fourth-order valence-electron chi connectivity index (χ4n) is 3.44. The molecule has 6 nitrogen and oxygen atoms in total. The number of hydrogen-bond donors (Lipinski definition) is 0. The first-order valence-corrected chi connectivity index (χ1v) is 9.62. The van der Waals surface area contributed by atoms with E-state index in [2.05, 4.69) is 4.98 Å². The van der Waals surface area contributed by atoms with Crippen LogP contribution < -0.4 is 20.0 Å². The third kappa shape index (κ3) is 2.80. The van der Waals surface area contributed by atoms with Crippen LogP contribution in [-0.4, -0.2) is 18.8 Å². The maximum absolute atomic E-state index is 12.3. The normalized spacial score (nSPS) is 13.2. The Morgan fingerprint density at radius 3 is 2.79 bits per heavy atom. The Balaban J connectivity index is 1.66. The first-order valence-electron chi connectivity index (χ1n) is 8.74. The van der Waals surface area contributed by atoms with E-state index in [1.165, 1.54) is 6.07 Å². The Morgan fingerprint density at radius 2 is 2.04 bits per heavy atom. The maximum atomic E-state index is 12.3. The minimum atomic E-state index is -0.391. The van der Waals surface area contributed by atoms with E-state index < -0.39 is 5.63 Å². The topological polar surface area (TPSA) is 64.8 Å². The third-order valence-electron chi connectivity index (χ3n) is 4.79. The van der Waals surface area contributed by atoms with Gasteiger partial charge in [0.2, 0.25) is 0 Å². The molecule has 0 unspecified atom stereocenters. The van der Waals surface area contributed by atoms with E-state index in [0.29, 0.717) is 18.9 Å². The summed E-state index contributed by atoms with van der Waals surface area (Å²) >= 11 is 1.55. The van der Waals surface area contributed by atoms with E-state index in [0.717, 1.165) is 38.7 Å². The van der Waals surface area contributed by atoms with Gasteiger partial charge in [-0.2, -0.15) is 0 Å². The average molecular weight is 392 g/mol. The molecule has 0 N–H and O–H groups in total. The van der Waals surface area contributed by atoms with E-state index >= 15 is 0 Å². The van der Waals surface area contributed by atoms with E-state index in [-0.39, 0.29) is 0 Å². The monoisotopic (exact) mass is 392 g/mol. The molecule has 0 saturated carbocycles. The molecule has 0 saturated heterocycles. The Labute approximate surface area is 164 Å². The molecule has 0 fully saturated rings. The molecule has 0 amide bonds. The number of thiazole rings is 1. The summed E-state index contributed by atoms with van der Waals surface area (Å²) in [7, 11) is 1.63. The average Bonchev–Trinajstić information content (AvgIpc) is 3.28. The number of hydrogen-bond acceptors (Lipinski definition) is 7. The Kier molecular flexibility index (Phi) is 4.02. The van der Waals surface area contributed by atoms with Crippen molar-refractivity contribution in [1.29, 1.82) is 0 Å². The second-order valence-electron chi connectivity index (χ2n) is 6.41. The first kappa shape index (κ1) is 16.8. The molecule has 3 heterocycles. The predicted octanol–water partition coefficient (Wildman–Crippen LogP) is 4.28. The lowest BCUT2D eigenvalue weighted by Gasteiger charge is -2.29. The highest BCUT2D eigenvalue weighted by Gasteiger charge is 2.24. The molecule has 140 valence electrons. The fraction of sp³-hybridized carbons (Fsp3) is 0.143. The SMILES string of the molecule is COc1ccc(-c2cc(=O)oc3c4c(ccc23)OCN(c2nccs2)C4)cc1. The van der Waals surface area contributed by atoms with Crippen molar-refractivity contribution in [3.8, 4) is 22.6 Å². The molecule has 0 spiro atoms. The molecule has 0 radical (unpaired) electrons. The van der Waals surface area contributed by atoms with Crippen molar-refractivity contribution in [2.75, 3.05) is 18.7 Å². The summed E-state index contributed by atoms with van der Waals surface area (Å²) in [4.78, 5) is 18.7. The first-order chi connectivity index (χ1) is 13.7. The van der Waals surface area contributed by atoms with Gasteiger partial charge in [-0.25, -0.2) is 9.78 Å². The third-order valence-corrected chi connectivity index (χ3v) is 5.62. The molecule has 0 bridgehead atoms. The van der Waals surface area contributed by atoms with Crippen molar-refractivity contribution in [1.82, 2.24) is 4.98 Å². The lowest BCUT2D eigenvalue weighted by Crippen LogP contribution is -2.32. The molecule has 2 aromatic carbocycles. The van der Waals surface area contributed by atoms with Gasteiger partial charge in [0.15, 0.2) is 11.9 Å². The van der Waals surface area contributed by atoms with Gasteiger partial charge >= 0.3 is 5.63 Å². The molecular weight excluding hydrogens is 376 g/mol. The Hall–Kier alpha value is -3.32. The molecule has 4 aromatic rings. The number of ether oxygens (including phenoxy) is 2. The van der Waals surface area contributed by atoms with E-state index in [1.807, 2.05) is 46.7 Å². The van der Waals surface area contributed by atoms with Crippen LogP contribution in [0.4, 0.5) is 5.13 Å². The maximum Gasteiger partial charge on any atom is 0.336 e. The van der Waals surface area contributed by atoms with Crippen LogP contribution in [0.5, 0.6) is 11.5 Å². The highest BCUT2D eigenvalue weighted by molar-refractivity contribution is 7.13. The molecule has 0 aliphatic carbocycles. The van der Waals surface area contributed by atoms with Crippen molar-refractivity contribution in [2.45, 2.75) is 6.54 Å².